The van der Waals surface area contributed by atoms with E-state index in [2.05, 4.69) is 20.7 Å². The molecular formula is C11H10BrF3O3. The molecular weight excluding hydrogens is 317 g/mol. The van der Waals surface area contributed by atoms with Crippen LogP contribution in [0.4, 0.5) is 13.2 Å². The van der Waals surface area contributed by atoms with Crippen LogP contribution in [-0.2, 0) is 16.2 Å². The maximum atomic E-state index is 12.9. The Morgan fingerprint density at radius 2 is 1.94 bits per heavy atom. The molecule has 0 aromatic heterocycles. The van der Waals surface area contributed by atoms with E-state index in [1.165, 1.54) is 13.2 Å². The molecule has 0 atom stereocenters. The highest BCUT2D eigenvalue weighted by Gasteiger charge is 2.36. The SMILES string of the molecule is COC(=O)c1cc(OC)cc(C(F)(F)F)c1CBr. The first-order valence-corrected chi connectivity index (χ1v) is 5.89. The van der Waals surface area contributed by atoms with Crippen LogP contribution in [0.5, 0.6) is 5.75 Å². The summed E-state index contributed by atoms with van der Waals surface area (Å²) in [5.74, 6) is -0.888. The zero-order valence-electron chi connectivity index (χ0n) is 9.60. The van der Waals surface area contributed by atoms with Gasteiger partial charge in [0, 0.05) is 5.33 Å². The van der Waals surface area contributed by atoms with Crippen LogP contribution >= 0.6 is 15.9 Å². The van der Waals surface area contributed by atoms with Crippen LogP contribution < -0.4 is 4.74 Å². The summed E-state index contributed by atoms with van der Waals surface area (Å²) in [6.07, 6.45) is -4.57. The van der Waals surface area contributed by atoms with Crippen LogP contribution in [0.3, 0.4) is 0 Å². The Morgan fingerprint density at radius 3 is 2.33 bits per heavy atom. The molecule has 0 heterocycles. The molecule has 0 unspecified atom stereocenters. The summed E-state index contributed by atoms with van der Waals surface area (Å²) in [6.45, 7) is 0. The molecule has 0 N–H and O–H groups in total. The molecule has 0 aliphatic carbocycles. The van der Waals surface area contributed by atoms with Crippen molar-refractivity contribution in [2.45, 2.75) is 11.5 Å². The third-order valence-electron chi connectivity index (χ3n) is 2.30. The minimum atomic E-state index is -4.57. The molecule has 1 aromatic carbocycles. The van der Waals surface area contributed by atoms with E-state index in [9.17, 15) is 18.0 Å². The van der Waals surface area contributed by atoms with Gasteiger partial charge in [-0.15, -0.1) is 0 Å². The van der Waals surface area contributed by atoms with Crippen LogP contribution in [0.25, 0.3) is 0 Å². The van der Waals surface area contributed by atoms with E-state index in [1.807, 2.05) is 0 Å². The van der Waals surface area contributed by atoms with Gasteiger partial charge in [-0.05, 0) is 17.7 Å². The number of hydrogen-bond acceptors (Lipinski definition) is 3. The van der Waals surface area contributed by atoms with Crippen molar-refractivity contribution in [3.05, 3.63) is 28.8 Å². The average Bonchev–Trinajstić information content (AvgIpc) is 2.34. The van der Waals surface area contributed by atoms with Crippen molar-refractivity contribution in [1.82, 2.24) is 0 Å². The molecule has 0 amide bonds. The number of alkyl halides is 4. The highest BCUT2D eigenvalue weighted by molar-refractivity contribution is 9.08. The first kappa shape index (κ1) is 14.8. The third kappa shape index (κ3) is 2.95. The number of ether oxygens (including phenoxy) is 2. The van der Waals surface area contributed by atoms with Crippen molar-refractivity contribution in [2.24, 2.45) is 0 Å². The second-order valence-electron chi connectivity index (χ2n) is 3.32. The quantitative estimate of drug-likeness (QED) is 0.631. The van der Waals surface area contributed by atoms with Crippen LogP contribution in [-0.4, -0.2) is 20.2 Å². The van der Waals surface area contributed by atoms with Gasteiger partial charge >= 0.3 is 12.1 Å². The standard InChI is InChI=1S/C11H10BrF3O3/c1-17-6-3-7(10(16)18-2)8(5-12)9(4-6)11(13,14)15/h3-4H,5H2,1-2H3. The first-order valence-electron chi connectivity index (χ1n) is 4.77. The molecule has 0 spiro atoms. The Hall–Kier alpha value is -1.24. The van der Waals surface area contributed by atoms with E-state index in [0.717, 1.165) is 13.2 Å². The van der Waals surface area contributed by atoms with Crippen molar-refractivity contribution < 1.29 is 27.4 Å². The highest BCUT2D eigenvalue weighted by Crippen LogP contribution is 2.37. The summed E-state index contributed by atoms with van der Waals surface area (Å²) >= 11 is 2.95. The lowest BCUT2D eigenvalue weighted by Gasteiger charge is -2.16. The largest absolute Gasteiger partial charge is 0.497 e. The Kier molecular flexibility index (Phi) is 4.61. The highest BCUT2D eigenvalue weighted by atomic mass is 79.9. The molecule has 0 bridgehead atoms. The molecule has 0 radical (unpaired) electrons. The Balaban J connectivity index is 3.55. The van der Waals surface area contributed by atoms with Gasteiger partial charge in [0.05, 0.1) is 25.3 Å². The Labute approximate surface area is 110 Å². The van der Waals surface area contributed by atoms with Gasteiger partial charge in [-0.25, -0.2) is 4.79 Å². The molecule has 3 nitrogen and oxygen atoms in total. The van der Waals surface area contributed by atoms with E-state index < -0.39 is 17.7 Å². The average molecular weight is 327 g/mol. The molecule has 0 aliphatic rings. The number of methoxy groups -OCH3 is 2. The smallest absolute Gasteiger partial charge is 0.416 e. The number of halogens is 4. The van der Waals surface area contributed by atoms with E-state index in [-0.39, 0.29) is 22.2 Å². The number of hydrogen-bond donors (Lipinski definition) is 0. The lowest BCUT2D eigenvalue weighted by Crippen LogP contribution is -2.14. The van der Waals surface area contributed by atoms with Crippen LogP contribution in [0.15, 0.2) is 12.1 Å². The summed E-state index contributed by atoms with van der Waals surface area (Å²) in [6, 6.07) is 2.07. The van der Waals surface area contributed by atoms with Gasteiger partial charge in [0.15, 0.2) is 0 Å². The van der Waals surface area contributed by atoms with Crippen LogP contribution in [0, 0.1) is 0 Å². The number of carbonyl (C=O) groups is 1. The van der Waals surface area contributed by atoms with Crippen molar-refractivity contribution in [3.63, 3.8) is 0 Å². The second-order valence-corrected chi connectivity index (χ2v) is 3.88. The summed E-state index contributed by atoms with van der Waals surface area (Å²) < 4.78 is 47.8. The van der Waals surface area contributed by atoms with Gasteiger partial charge in [-0.1, -0.05) is 15.9 Å². The summed E-state index contributed by atoms with van der Waals surface area (Å²) in [5, 5.41) is -0.115. The van der Waals surface area contributed by atoms with Gasteiger partial charge < -0.3 is 9.47 Å². The summed E-state index contributed by atoms with van der Waals surface area (Å²) in [4.78, 5) is 11.5. The fourth-order valence-electron chi connectivity index (χ4n) is 1.45. The second kappa shape index (κ2) is 5.60. The molecule has 100 valence electrons. The van der Waals surface area contributed by atoms with Crippen molar-refractivity contribution in [3.8, 4) is 5.75 Å². The number of carbonyl (C=O) groups excluding carboxylic acids is 1. The lowest BCUT2D eigenvalue weighted by atomic mass is 10.0. The van der Waals surface area contributed by atoms with E-state index in [4.69, 9.17) is 4.74 Å². The molecule has 7 heteroatoms. The maximum absolute atomic E-state index is 12.9. The zero-order valence-corrected chi connectivity index (χ0v) is 11.2. The van der Waals surface area contributed by atoms with Gasteiger partial charge in [-0.2, -0.15) is 13.2 Å². The predicted octanol–water partition coefficient (Wildman–Crippen LogP) is 3.40. The van der Waals surface area contributed by atoms with Crippen molar-refractivity contribution >= 4 is 21.9 Å². The molecule has 0 saturated carbocycles. The van der Waals surface area contributed by atoms with Crippen molar-refractivity contribution in [1.29, 1.82) is 0 Å². The molecule has 0 aliphatic heterocycles. The molecule has 1 rings (SSSR count). The molecule has 18 heavy (non-hydrogen) atoms. The Bertz CT molecular complexity index is 458. The van der Waals surface area contributed by atoms with Gasteiger partial charge in [-0.3, -0.25) is 0 Å². The minimum absolute atomic E-state index is 0.0487. The first-order chi connectivity index (χ1) is 8.35. The lowest BCUT2D eigenvalue weighted by molar-refractivity contribution is -0.138. The number of rotatable bonds is 3. The monoisotopic (exact) mass is 326 g/mol. The van der Waals surface area contributed by atoms with Gasteiger partial charge in [0.25, 0.3) is 0 Å². The van der Waals surface area contributed by atoms with Gasteiger partial charge in [0.2, 0.25) is 0 Å². The summed E-state index contributed by atoms with van der Waals surface area (Å²) in [5.41, 5.74) is -1.25. The third-order valence-corrected chi connectivity index (χ3v) is 2.86. The van der Waals surface area contributed by atoms with Crippen LogP contribution in [0.1, 0.15) is 21.5 Å². The maximum Gasteiger partial charge on any atom is 0.416 e. The van der Waals surface area contributed by atoms with E-state index in [0.29, 0.717) is 0 Å². The zero-order chi connectivity index (χ0) is 13.9. The van der Waals surface area contributed by atoms with Crippen LogP contribution in [0.2, 0.25) is 0 Å². The minimum Gasteiger partial charge on any atom is -0.497 e. The fourth-order valence-corrected chi connectivity index (χ4v) is 2.06. The van der Waals surface area contributed by atoms with Crippen molar-refractivity contribution in [2.75, 3.05) is 14.2 Å². The molecule has 1 aromatic rings. The Morgan fingerprint density at radius 1 is 1.33 bits per heavy atom. The topological polar surface area (TPSA) is 35.5 Å². The number of esters is 1. The van der Waals surface area contributed by atoms with Gasteiger partial charge in [0.1, 0.15) is 5.75 Å². The normalized spacial score (nSPS) is 11.2. The van der Waals surface area contributed by atoms with E-state index in [1.54, 1.807) is 0 Å². The predicted molar refractivity (Wildman–Crippen MR) is 62.0 cm³/mol. The fraction of sp³-hybridized carbons (Fsp3) is 0.364. The van der Waals surface area contributed by atoms with E-state index >= 15 is 0 Å². The summed E-state index contributed by atoms with van der Waals surface area (Å²) in [7, 11) is 2.33. The number of benzene rings is 1. The molecule has 0 saturated heterocycles. The molecule has 0 fully saturated rings.